The summed E-state index contributed by atoms with van der Waals surface area (Å²) in [6.45, 7) is 8.52. The highest BCUT2D eigenvalue weighted by atomic mass is 15.2. The Bertz CT molecular complexity index is 225. The van der Waals surface area contributed by atoms with E-state index in [4.69, 9.17) is 0 Å². The lowest BCUT2D eigenvalue weighted by Gasteiger charge is -2.41. The molecule has 1 saturated heterocycles. The lowest BCUT2D eigenvalue weighted by Crippen LogP contribution is -2.57. The molecule has 0 spiro atoms. The lowest BCUT2D eigenvalue weighted by molar-refractivity contribution is 0.109. The number of hydrogen-bond acceptors (Lipinski definition) is 2. The van der Waals surface area contributed by atoms with Crippen LogP contribution in [-0.2, 0) is 0 Å². The van der Waals surface area contributed by atoms with E-state index in [0.717, 1.165) is 18.0 Å². The fraction of sp³-hybridized carbons (Fsp3) is 1.00. The highest BCUT2D eigenvalue weighted by Gasteiger charge is 2.38. The molecule has 0 radical (unpaired) electrons. The standard InChI is InChI=1S/C16H32N2/c1-3-5-6-7-11-18-13-15(8-4-2)17-12-16(18)14-9-10-14/h14-17H,3-13H2,1-2H3. The number of hydrogen-bond donors (Lipinski definition) is 1. The van der Waals surface area contributed by atoms with Crippen LogP contribution < -0.4 is 5.32 Å². The van der Waals surface area contributed by atoms with Crippen LogP contribution >= 0.6 is 0 Å². The van der Waals surface area contributed by atoms with E-state index in [1.54, 1.807) is 0 Å². The van der Waals surface area contributed by atoms with Crippen molar-refractivity contribution >= 4 is 0 Å². The molecule has 0 aromatic heterocycles. The Balaban J connectivity index is 1.76. The second-order valence-electron chi connectivity index (χ2n) is 6.35. The summed E-state index contributed by atoms with van der Waals surface area (Å²) in [6, 6.07) is 1.62. The van der Waals surface area contributed by atoms with Crippen molar-refractivity contribution in [2.45, 2.75) is 77.3 Å². The summed E-state index contributed by atoms with van der Waals surface area (Å²) in [5.74, 6) is 1.02. The van der Waals surface area contributed by atoms with Gasteiger partial charge in [-0.2, -0.15) is 0 Å². The van der Waals surface area contributed by atoms with Gasteiger partial charge in [-0.1, -0.05) is 39.5 Å². The zero-order chi connectivity index (χ0) is 12.8. The van der Waals surface area contributed by atoms with Gasteiger partial charge in [0.15, 0.2) is 0 Å². The topological polar surface area (TPSA) is 15.3 Å². The average molecular weight is 252 g/mol. The molecule has 1 heterocycles. The summed E-state index contributed by atoms with van der Waals surface area (Å²) in [6.07, 6.45) is 11.2. The quantitative estimate of drug-likeness (QED) is 0.666. The molecule has 0 bridgehead atoms. The molecular formula is C16H32N2. The molecule has 2 nitrogen and oxygen atoms in total. The van der Waals surface area contributed by atoms with Crippen molar-refractivity contribution < 1.29 is 0 Å². The van der Waals surface area contributed by atoms with Crippen LogP contribution in [0.2, 0.25) is 0 Å². The van der Waals surface area contributed by atoms with E-state index in [1.165, 1.54) is 71.0 Å². The first-order valence-electron chi connectivity index (χ1n) is 8.32. The van der Waals surface area contributed by atoms with Gasteiger partial charge < -0.3 is 5.32 Å². The van der Waals surface area contributed by atoms with Gasteiger partial charge in [-0.05, 0) is 38.1 Å². The summed E-state index contributed by atoms with van der Waals surface area (Å²) >= 11 is 0. The second kappa shape index (κ2) is 7.49. The van der Waals surface area contributed by atoms with Crippen molar-refractivity contribution in [1.29, 1.82) is 0 Å². The Hall–Kier alpha value is -0.0800. The molecule has 0 aromatic rings. The number of nitrogens with zero attached hydrogens (tertiary/aromatic N) is 1. The Morgan fingerprint density at radius 1 is 1.06 bits per heavy atom. The van der Waals surface area contributed by atoms with E-state index >= 15 is 0 Å². The Labute approximate surface area is 114 Å². The van der Waals surface area contributed by atoms with E-state index < -0.39 is 0 Å². The maximum Gasteiger partial charge on any atom is 0.0249 e. The van der Waals surface area contributed by atoms with Gasteiger partial charge in [-0.3, -0.25) is 4.90 Å². The Morgan fingerprint density at radius 3 is 2.56 bits per heavy atom. The SMILES string of the molecule is CCCCCCN1CC(CCC)NCC1C1CC1. The number of nitrogens with one attached hydrogen (secondary N) is 1. The van der Waals surface area contributed by atoms with Crippen LogP contribution in [0.5, 0.6) is 0 Å². The molecule has 2 rings (SSSR count). The summed E-state index contributed by atoms with van der Waals surface area (Å²) < 4.78 is 0. The zero-order valence-electron chi connectivity index (χ0n) is 12.5. The molecule has 18 heavy (non-hydrogen) atoms. The van der Waals surface area contributed by atoms with Crippen molar-refractivity contribution in [3.63, 3.8) is 0 Å². The van der Waals surface area contributed by atoms with Crippen LogP contribution in [-0.4, -0.2) is 36.6 Å². The molecule has 1 N–H and O–H groups in total. The molecule has 1 aliphatic heterocycles. The third-order valence-electron chi connectivity index (χ3n) is 4.64. The molecule has 2 fully saturated rings. The van der Waals surface area contributed by atoms with Crippen molar-refractivity contribution in [3.8, 4) is 0 Å². The third kappa shape index (κ3) is 4.24. The van der Waals surface area contributed by atoms with Crippen molar-refractivity contribution in [2.24, 2.45) is 5.92 Å². The van der Waals surface area contributed by atoms with Crippen LogP contribution in [0, 0.1) is 5.92 Å². The molecule has 0 aromatic carbocycles. The molecule has 106 valence electrons. The Morgan fingerprint density at radius 2 is 1.89 bits per heavy atom. The minimum absolute atomic E-state index is 0.760. The van der Waals surface area contributed by atoms with Crippen LogP contribution in [0.4, 0.5) is 0 Å². The fourth-order valence-electron chi connectivity index (χ4n) is 3.39. The zero-order valence-corrected chi connectivity index (χ0v) is 12.5. The van der Waals surface area contributed by atoms with Crippen LogP contribution in [0.15, 0.2) is 0 Å². The first kappa shape index (κ1) is 14.3. The minimum atomic E-state index is 0.760. The van der Waals surface area contributed by atoms with Gasteiger partial charge in [0.05, 0.1) is 0 Å². The van der Waals surface area contributed by atoms with Gasteiger partial charge in [0.1, 0.15) is 0 Å². The molecule has 2 atom stereocenters. The fourth-order valence-corrected chi connectivity index (χ4v) is 3.39. The first-order valence-corrected chi connectivity index (χ1v) is 8.32. The normalized spacial score (nSPS) is 29.7. The third-order valence-corrected chi connectivity index (χ3v) is 4.64. The molecule has 2 heteroatoms. The van der Waals surface area contributed by atoms with Gasteiger partial charge in [0.25, 0.3) is 0 Å². The predicted octanol–water partition coefficient (Wildman–Crippen LogP) is 3.42. The van der Waals surface area contributed by atoms with E-state index in [2.05, 4.69) is 24.1 Å². The number of unbranched alkanes of at least 4 members (excludes halogenated alkanes) is 3. The molecular weight excluding hydrogens is 220 g/mol. The monoisotopic (exact) mass is 252 g/mol. The van der Waals surface area contributed by atoms with Gasteiger partial charge in [-0.15, -0.1) is 0 Å². The van der Waals surface area contributed by atoms with E-state index in [0.29, 0.717) is 0 Å². The lowest BCUT2D eigenvalue weighted by atomic mass is 10.0. The van der Waals surface area contributed by atoms with E-state index in [-0.39, 0.29) is 0 Å². The molecule has 1 aliphatic carbocycles. The maximum atomic E-state index is 3.78. The molecule has 0 amide bonds. The number of piperazine rings is 1. The molecule has 1 saturated carbocycles. The highest BCUT2D eigenvalue weighted by molar-refractivity contribution is 4.94. The van der Waals surface area contributed by atoms with Crippen LogP contribution in [0.1, 0.15) is 65.2 Å². The van der Waals surface area contributed by atoms with E-state index in [1.807, 2.05) is 0 Å². The van der Waals surface area contributed by atoms with Crippen molar-refractivity contribution in [1.82, 2.24) is 10.2 Å². The van der Waals surface area contributed by atoms with Crippen molar-refractivity contribution in [2.75, 3.05) is 19.6 Å². The largest absolute Gasteiger partial charge is 0.311 e. The summed E-state index contributed by atoms with van der Waals surface area (Å²) in [5, 5.41) is 3.78. The van der Waals surface area contributed by atoms with Gasteiger partial charge in [0, 0.05) is 25.2 Å². The molecule has 2 aliphatic rings. The predicted molar refractivity (Wildman–Crippen MR) is 78.9 cm³/mol. The average Bonchev–Trinajstić information content (AvgIpc) is 3.20. The van der Waals surface area contributed by atoms with Crippen LogP contribution in [0.25, 0.3) is 0 Å². The van der Waals surface area contributed by atoms with Crippen molar-refractivity contribution in [3.05, 3.63) is 0 Å². The first-order chi connectivity index (χ1) is 8.85. The molecule has 2 unspecified atom stereocenters. The summed E-state index contributed by atoms with van der Waals surface area (Å²) in [5.41, 5.74) is 0. The summed E-state index contributed by atoms with van der Waals surface area (Å²) in [7, 11) is 0. The van der Waals surface area contributed by atoms with Gasteiger partial charge in [-0.25, -0.2) is 0 Å². The van der Waals surface area contributed by atoms with Gasteiger partial charge >= 0.3 is 0 Å². The van der Waals surface area contributed by atoms with E-state index in [9.17, 15) is 0 Å². The number of rotatable bonds is 8. The Kier molecular flexibility index (Phi) is 5.97. The summed E-state index contributed by atoms with van der Waals surface area (Å²) in [4.78, 5) is 2.82. The highest BCUT2D eigenvalue weighted by Crippen LogP contribution is 2.36. The van der Waals surface area contributed by atoms with Crippen LogP contribution in [0.3, 0.4) is 0 Å². The second-order valence-corrected chi connectivity index (χ2v) is 6.35. The van der Waals surface area contributed by atoms with Gasteiger partial charge in [0.2, 0.25) is 0 Å². The minimum Gasteiger partial charge on any atom is -0.311 e. The maximum absolute atomic E-state index is 3.78. The smallest absolute Gasteiger partial charge is 0.0249 e.